The highest BCUT2D eigenvalue weighted by molar-refractivity contribution is 6.39. The van der Waals surface area contributed by atoms with Crippen LogP contribution in [0.4, 0.5) is 5.69 Å². The van der Waals surface area contributed by atoms with Gasteiger partial charge in [0.15, 0.2) is 0 Å². The SMILES string of the molecule is CCn1cc(NC(=O)C(=O)NCC[C@H]2CCCC[C@@H]2C)ccc1=O. The third kappa shape index (κ3) is 4.94. The van der Waals surface area contributed by atoms with Gasteiger partial charge in [-0.05, 0) is 31.2 Å². The van der Waals surface area contributed by atoms with Crippen LogP contribution in [0.5, 0.6) is 0 Å². The second-order valence-corrected chi connectivity index (χ2v) is 6.56. The van der Waals surface area contributed by atoms with Gasteiger partial charge in [-0.3, -0.25) is 14.4 Å². The van der Waals surface area contributed by atoms with Crippen LogP contribution in [0, 0.1) is 11.8 Å². The standard InChI is InChI=1S/C18H27N3O3/c1-3-21-12-15(8-9-16(21)22)20-18(24)17(23)19-11-10-14-7-5-4-6-13(14)2/h8-9,12-14H,3-7,10-11H2,1-2H3,(H,19,23)(H,20,24)/t13-,14+/m0/s1. The third-order valence-corrected chi connectivity index (χ3v) is 4.88. The summed E-state index contributed by atoms with van der Waals surface area (Å²) in [6, 6.07) is 2.88. The Morgan fingerprint density at radius 2 is 1.96 bits per heavy atom. The second-order valence-electron chi connectivity index (χ2n) is 6.56. The van der Waals surface area contributed by atoms with E-state index in [1.807, 2.05) is 6.92 Å². The maximum Gasteiger partial charge on any atom is 0.313 e. The maximum absolute atomic E-state index is 11.9. The van der Waals surface area contributed by atoms with E-state index in [-0.39, 0.29) is 5.56 Å². The Kier molecular flexibility index (Phi) is 6.58. The molecule has 1 fully saturated rings. The highest BCUT2D eigenvalue weighted by Crippen LogP contribution is 2.31. The van der Waals surface area contributed by atoms with Crippen LogP contribution in [-0.4, -0.2) is 22.9 Å². The summed E-state index contributed by atoms with van der Waals surface area (Å²) < 4.78 is 1.47. The number of carbonyl (C=O) groups excluding carboxylic acids is 2. The number of nitrogens with one attached hydrogen (secondary N) is 2. The van der Waals surface area contributed by atoms with Gasteiger partial charge >= 0.3 is 11.8 Å². The first-order chi connectivity index (χ1) is 11.5. The molecule has 0 bridgehead atoms. The summed E-state index contributed by atoms with van der Waals surface area (Å²) in [6.07, 6.45) is 7.48. The molecule has 1 aliphatic rings. The number of anilines is 1. The van der Waals surface area contributed by atoms with E-state index in [2.05, 4.69) is 17.6 Å². The average Bonchev–Trinajstić information content (AvgIpc) is 2.58. The Morgan fingerprint density at radius 1 is 1.21 bits per heavy atom. The molecule has 0 saturated heterocycles. The zero-order chi connectivity index (χ0) is 17.5. The number of hydrogen-bond donors (Lipinski definition) is 2. The van der Waals surface area contributed by atoms with Gasteiger partial charge in [0.25, 0.3) is 5.56 Å². The molecule has 0 spiro atoms. The smallest absolute Gasteiger partial charge is 0.313 e. The fraction of sp³-hybridized carbons (Fsp3) is 0.611. The average molecular weight is 333 g/mol. The van der Waals surface area contributed by atoms with Crippen molar-refractivity contribution in [2.75, 3.05) is 11.9 Å². The second kappa shape index (κ2) is 8.66. The summed E-state index contributed by atoms with van der Waals surface area (Å²) in [5.74, 6) is -0.00417. The number of aryl methyl sites for hydroxylation is 1. The van der Waals surface area contributed by atoms with Crippen LogP contribution >= 0.6 is 0 Å². The zero-order valence-corrected chi connectivity index (χ0v) is 14.5. The number of nitrogens with zero attached hydrogens (tertiary/aromatic N) is 1. The molecule has 6 nitrogen and oxygen atoms in total. The van der Waals surface area contributed by atoms with Crippen molar-refractivity contribution in [2.24, 2.45) is 11.8 Å². The minimum atomic E-state index is -0.701. The molecule has 0 aliphatic heterocycles. The van der Waals surface area contributed by atoms with Gasteiger partial charge in [-0.2, -0.15) is 0 Å². The van der Waals surface area contributed by atoms with Gasteiger partial charge in [0, 0.05) is 25.4 Å². The predicted octanol–water partition coefficient (Wildman–Crippen LogP) is 2.14. The number of pyridine rings is 1. The van der Waals surface area contributed by atoms with E-state index in [0.717, 1.165) is 6.42 Å². The van der Waals surface area contributed by atoms with E-state index >= 15 is 0 Å². The molecule has 132 valence electrons. The summed E-state index contributed by atoms with van der Waals surface area (Å²) in [6.45, 7) is 5.14. The fourth-order valence-electron chi connectivity index (χ4n) is 3.31. The van der Waals surface area contributed by atoms with Crippen LogP contribution in [0.15, 0.2) is 23.1 Å². The Morgan fingerprint density at radius 3 is 2.67 bits per heavy atom. The van der Waals surface area contributed by atoms with Crippen LogP contribution < -0.4 is 16.2 Å². The third-order valence-electron chi connectivity index (χ3n) is 4.88. The largest absolute Gasteiger partial charge is 0.348 e. The van der Waals surface area contributed by atoms with Crippen LogP contribution in [0.1, 0.15) is 46.0 Å². The topological polar surface area (TPSA) is 80.2 Å². The van der Waals surface area contributed by atoms with Crippen LogP contribution in [0.2, 0.25) is 0 Å². The maximum atomic E-state index is 11.9. The summed E-state index contributed by atoms with van der Waals surface area (Å²) in [7, 11) is 0. The lowest BCUT2D eigenvalue weighted by molar-refractivity contribution is -0.136. The first-order valence-corrected chi connectivity index (χ1v) is 8.81. The Labute approximate surface area is 142 Å². The van der Waals surface area contributed by atoms with Crippen LogP contribution in [0.3, 0.4) is 0 Å². The monoisotopic (exact) mass is 333 g/mol. The fourth-order valence-corrected chi connectivity index (χ4v) is 3.31. The molecule has 0 aromatic carbocycles. The normalized spacial score (nSPS) is 20.4. The minimum absolute atomic E-state index is 0.137. The summed E-state index contributed by atoms with van der Waals surface area (Å²) in [5.41, 5.74) is 0.305. The molecule has 24 heavy (non-hydrogen) atoms. The molecule has 2 atom stereocenters. The molecule has 0 radical (unpaired) electrons. The molecule has 1 aromatic heterocycles. The Hall–Kier alpha value is -2.11. The van der Waals surface area contributed by atoms with E-state index in [9.17, 15) is 14.4 Å². The molecule has 0 unspecified atom stereocenters. The van der Waals surface area contributed by atoms with Crippen molar-refractivity contribution in [3.8, 4) is 0 Å². The van der Waals surface area contributed by atoms with Crippen molar-refractivity contribution in [3.63, 3.8) is 0 Å². The zero-order valence-electron chi connectivity index (χ0n) is 14.5. The van der Waals surface area contributed by atoms with Gasteiger partial charge in [-0.15, -0.1) is 0 Å². The van der Waals surface area contributed by atoms with E-state index in [4.69, 9.17) is 0 Å². The molecular weight excluding hydrogens is 306 g/mol. The lowest BCUT2D eigenvalue weighted by atomic mass is 9.79. The number of hydrogen-bond acceptors (Lipinski definition) is 3. The molecular formula is C18H27N3O3. The summed E-state index contributed by atoms with van der Waals surface area (Å²) in [5, 5.41) is 5.22. The highest BCUT2D eigenvalue weighted by Gasteiger charge is 2.21. The first-order valence-electron chi connectivity index (χ1n) is 8.81. The number of aromatic nitrogens is 1. The molecule has 6 heteroatoms. The molecule has 1 saturated carbocycles. The van der Waals surface area contributed by atoms with E-state index in [1.54, 1.807) is 0 Å². The number of carbonyl (C=O) groups is 2. The first kappa shape index (κ1) is 18.2. The van der Waals surface area contributed by atoms with Gasteiger partial charge in [0.05, 0.1) is 5.69 Å². The quantitative estimate of drug-likeness (QED) is 0.810. The summed E-state index contributed by atoms with van der Waals surface area (Å²) in [4.78, 5) is 35.3. The predicted molar refractivity (Wildman–Crippen MR) is 93.8 cm³/mol. The van der Waals surface area contributed by atoms with Gasteiger partial charge in [-0.1, -0.05) is 32.6 Å². The van der Waals surface area contributed by atoms with Crippen molar-refractivity contribution in [3.05, 3.63) is 28.7 Å². The van der Waals surface area contributed by atoms with Crippen molar-refractivity contribution in [2.45, 2.75) is 52.5 Å². The highest BCUT2D eigenvalue weighted by atomic mass is 16.2. The lowest BCUT2D eigenvalue weighted by Crippen LogP contribution is -2.37. The lowest BCUT2D eigenvalue weighted by Gasteiger charge is -2.28. The van der Waals surface area contributed by atoms with Crippen molar-refractivity contribution in [1.29, 1.82) is 0 Å². The summed E-state index contributed by atoms with van der Waals surface area (Å²) >= 11 is 0. The number of amides is 2. The Balaban J connectivity index is 1.79. The number of rotatable bonds is 5. The van der Waals surface area contributed by atoms with Crippen molar-refractivity contribution in [1.82, 2.24) is 9.88 Å². The minimum Gasteiger partial charge on any atom is -0.348 e. The van der Waals surface area contributed by atoms with Gasteiger partial charge in [0.1, 0.15) is 0 Å². The van der Waals surface area contributed by atoms with E-state index in [1.165, 1.54) is 48.6 Å². The molecule has 1 aliphatic carbocycles. The van der Waals surface area contributed by atoms with Gasteiger partial charge in [-0.25, -0.2) is 0 Å². The van der Waals surface area contributed by atoms with Gasteiger partial charge < -0.3 is 15.2 Å². The van der Waals surface area contributed by atoms with E-state index < -0.39 is 11.8 Å². The van der Waals surface area contributed by atoms with Crippen molar-refractivity contribution < 1.29 is 9.59 Å². The van der Waals surface area contributed by atoms with Crippen LogP contribution in [-0.2, 0) is 16.1 Å². The molecule has 2 rings (SSSR count). The molecule has 2 amide bonds. The molecule has 2 N–H and O–H groups in total. The molecule has 1 heterocycles. The van der Waals surface area contributed by atoms with E-state index in [0.29, 0.717) is 30.6 Å². The van der Waals surface area contributed by atoms with Crippen LogP contribution in [0.25, 0.3) is 0 Å². The van der Waals surface area contributed by atoms with Gasteiger partial charge in [0.2, 0.25) is 0 Å². The Bertz CT molecular complexity index is 639. The van der Waals surface area contributed by atoms with Crippen molar-refractivity contribution >= 4 is 17.5 Å². The molecule has 1 aromatic rings.